The largest absolute Gasteiger partial charge is 0.504 e. The molecular formula is C20H20O4. The zero-order valence-electron chi connectivity index (χ0n) is 14.2. The molecule has 3 aromatic carbocycles. The predicted molar refractivity (Wildman–Crippen MR) is 95.4 cm³/mol. The molecule has 0 aromatic heterocycles. The quantitative estimate of drug-likeness (QED) is 0.765. The van der Waals surface area contributed by atoms with E-state index in [1.54, 1.807) is 27.4 Å². The first-order chi connectivity index (χ1) is 11.6. The average molecular weight is 324 g/mol. The summed E-state index contributed by atoms with van der Waals surface area (Å²) in [5, 5.41) is 12.7. The second-order valence-corrected chi connectivity index (χ2v) is 5.57. The van der Waals surface area contributed by atoms with E-state index in [1.807, 2.05) is 43.3 Å². The summed E-state index contributed by atoms with van der Waals surface area (Å²) in [4.78, 5) is 0. The van der Waals surface area contributed by atoms with Crippen molar-refractivity contribution in [2.45, 2.75) is 6.92 Å². The van der Waals surface area contributed by atoms with Gasteiger partial charge in [0, 0.05) is 11.1 Å². The zero-order chi connectivity index (χ0) is 17.3. The van der Waals surface area contributed by atoms with Crippen LogP contribution in [0.1, 0.15) is 5.56 Å². The van der Waals surface area contributed by atoms with E-state index in [-0.39, 0.29) is 5.75 Å². The molecule has 0 saturated carbocycles. The van der Waals surface area contributed by atoms with Gasteiger partial charge in [-0.05, 0) is 41.5 Å². The van der Waals surface area contributed by atoms with Crippen LogP contribution in [0.25, 0.3) is 21.9 Å². The van der Waals surface area contributed by atoms with Crippen molar-refractivity contribution in [1.82, 2.24) is 0 Å². The van der Waals surface area contributed by atoms with Crippen LogP contribution in [0.3, 0.4) is 0 Å². The Kier molecular flexibility index (Phi) is 4.21. The fourth-order valence-corrected chi connectivity index (χ4v) is 3.02. The Bertz CT molecular complexity index is 900. The van der Waals surface area contributed by atoms with Gasteiger partial charge in [0.25, 0.3) is 0 Å². The molecule has 0 saturated heterocycles. The van der Waals surface area contributed by atoms with Gasteiger partial charge >= 0.3 is 0 Å². The molecule has 0 aliphatic rings. The van der Waals surface area contributed by atoms with Gasteiger partial charge in [-0.15, -0.1) is 0 Å². The van der Waals surface area contributed by atoms with Crippen LogP contribution in [-0.2, 0) is 0 Å². The summed E-state index contributed by atoms with van der Waals surface area (Å²) in [7, 11) is 4.74. The first kappa shape index (κ1) is 16.0. The minimum atomic E-state index is 0.0832. The molecule has 0 spiro atoms. The predicted octanol–water partition coefficient (Wildman–Crippen LogP) is 4.55. The summed E-state index contributed by atoms with van der Waals surface area (Å²) < 4.78 is 16.4. The third-order valence-corrected chi connectivity index (χ3v) is 4.10. The van der Waals surface area contributed by atoms with Crippen molar-refractivity contribution in [1.29, 1.82) is 0 Å². The summed E-state index contributed by atoms with van der Waals surface area (Å²) in [5.74, 6) is 1.71. The van der Waals surface area contributed by atoms with Crippen LogP contribution in [0, 0.1) is 6.92 Å². The minimum Gasteiger partial charge on any atom is -0.504 e. The number of ether oxygens (including phenoxy) is 3. The Morgan fingerprint density at radius 2 is 1.54 bits per heavy atom. The lowest BCUT2D eigenvalue weighted by molar-refractivity contribution is 0.356. The topological polar surface area (TPSA) is 47.9 Å². The fourth-order valence-electron chi connectivity index (χ4n) is 3.02. The van der Waals surface area contributed by atoms with E-state index < -0.39 is 0 Å². The zero-order valence-corrected chi connectivity index (χ0v) is 14.2. The summed E-state index contributed by atoms with van der Waals surface area (Å²) in [6.07, 6.45) is 0. The van der Waals surface area contributed by atoms with Gasteiger partial charge in [0.2, 0.25) is 0 Å². The molecule has 3 rings (SSSR count). The third kappa shape index (κ3) is 2.50. The first-order valence-electron chi connectivity index (χ1n) is 7.62. The van der Waals surface area contributed by atoms with Gasteiger partial charge < -0.3 is 19.3 Å². The monoisotopic (exact) mass is 324 g/mol. The number of aryl methyl sites for hydroxylation is 1. The molecule has 4 heteroatoms. The summed E-state index contributed by atoms with van der Waals surface area (Å²) in [5.41, 5.74) is 2.42. The van der Waals surface area contributed by atoms with Crippen LogP contribution in [-0.4, -0.2) is 26.4 Å². The highest BCUT2D eigenvalue weighted by atomic mass is 16.5. The Balaban J connectivity index is 2.47. The van der Waals surface area contributed by atoms with Gasteiger partial charge in [-0.2, -0.15) is 0 Å². The molecule has 0 bridgehead atoms. The number of aromatic hydroxyl groups is 1. The molecule has 0 radical (unpaired) electrons. The van der Waals surface area contributed by atoms with Gasteiger partial charge in [-0.25, -0.2) is 0 Å². The second-order valence-electron chi connectivity index (χ2n) is 5.57. The lowest BCUT2D eigenvalue weighted by atomic mass is 9.94. The van der Waals surface area contributed by atoms with Crippen LogP contribution in [0.5, 0.6) is 23.0 Å². The van der Waals surface area contributed by atoms with Gasteiger partial charge in [-0.3, -0.25) is 0 Å². The van der Waals surface area contributed by atoms with Crippen molar-refractivity contribution in [2.75, 3.05) is 21.3 Å². The molecule has 4 nitrogen and oxygen atoms in total. The lowest BCUT2D eigenvalue weighted by Crippen LogP contribution is -1.96. The third-order valence-electron chi connectivity index (χ3n) is 4.10. The number of methoxy groups -OCH3 is 3. The molecule has 0 aliphatic carbocycles. The molecule has 124 valence electrons. The molecule has 0 aliphatic heterocycles. The summed E-state index contributed by atoms with van der Waals surface area (Å²) >= 11 is 0. The molecule has 0 amide bonds. The number of hydrogen-bond donors (Lipinski definition) is 1. The van der Waals surface area contributed by atoms with Crippen molar-refractivity contribution in [3.63, 3.8) is 0 Å². The lowest BCUT2D eigenvalue weighted by Gasteiger charge is -2.18. The van der Waals surface area contributed by atoms with Gasteiger partial charge in [-0.1, -0.05) is 24.3 Å². The Morgan fingerprint density at radius 1 is 0.833 bits per heavy atom. The van der Waals surface area contributed by atoms with Crippen LogP contribution >= 0.6 is 0 Å². The molecular weight excluding hydrogens is 304 g/mol. The van der Waals surface area contributed by atoms with E-state index >= 15 is 0 Å². The number of phenolic OH excluding ortho intramolecular Hbond substituents is 1. The second kappa shape index (κ2) is 6.32. The Labute approximate surface area is 141 Å². The molecule has 0 atom stereocenters. The maximum absolute atomic E-state index is 10.7. The molecule has 0 unspecified atom stereocenters. The van der Waals surface area contributed by atoms with E-state index in [0.717, 1.165) is 21.9 Å². The average Bonchev–Trinajstić information content (AvgIpc) is 2.61. The highest BCUT2D eigenvalue weighted by Gasteiger charge is 2.21. The van der Waals surface area contributed by atoms with E-state index in [4.69, 9.17) is 14.2 Å². The maximum Gasteiger partial charge on any atom is 0.169 e. The van der Waals surface area contributed by atoms with Gasteiger partial charge in [0.05, 0.1) is 21.3 Å². The van der Waals surface area contributed by atoms with Crippen molar-refractivity contribution in [2.24, 2.45) is 0 Å². The molecule has 3 aromatic rings. The van der Waals surface area contributed by atoms with E-state index in [9.17, 15) is 5.11 Å². The molecule has 0 fully saturated rings. The molecule has 0 heterocycles. The van der Waals surface area contributed by atoms with E-state index in [1.165, 1.54) is 0 Å². The molecule has 24 heavy (non-hydrogen) atoms. The van der Waals surface area contributed by atoms with E-state index in [2.05, 4.69) is 0 Å². The van der Waals surface area contributed by atoms with Crippen LogP contribution < -0.4 is 14.2 Å². The highest BCUT2D eigenvalue weighted by Crippen LogP contribution is 2.48. The highest BCUT2D eigenvalue weighted by molar-refractivity contribution is 6.03. The summed E-state index contributed by atoms with van der Waals surface area (Å²) in [6, 6.07) is 13.6. The Morgan fingerprint density at radius 3 is 2.21 bits per heavy atom. The fraction of sp³-hybridized carbons (Fsp3) is 0.200. The standard InChI is InChI=1S/C20H20O4/c1-12-9-15(19(21)16(10-12)22-2)18-14-8-6-5-7-13(14)11-17(23-3)20(18)24-4/h5-11,21H,1-4H3. The Hall–Kier alpha value is -2.88. The van der Waals surface area contributed by atoms with Crippen LogP contribution in [0.4, 0.5) is 0 Å². The minimum absolute atomic E-state index is 0.0832. The van der Waals surface area contributed by atoms with Crippen molar-refractivity contribution < 1.29 is 19.3 Å². The maximum atomic E-state index is 10.7. The first-order valence-corrected chi connectivity index (χ1v) is 7.62. The van der Waals surface area contributed by atoms with Crippen LogP contribution in [0.15, 0.2) is 42.5 Å². The van der Waals surface area contributed by atoms with Gasteiger partial charge in [0.15, 0.2) is 23.0 Å². The number of hydrogen-bond acceptors (Lipinski definition) is 4. The molecule has 1 N–H and O–H groups in total. The van der Waals surface area contributed by atoms with Gasteiger partial charge in [0.1, 0.15) is 0 Å². The van der Waals surface area contributed by atoms with Crippen LogP contribution in [0.2, 0.25) is 0 Å². The van der Waals surface area contributed by atoms with Crippen molar-refractivity contribution >= 4 is 10.8 Å². The number of phenols is 1. The SMILES string of the molecule is COc1cc(C)cc(-c2c(OC)c(OC)cc3ccccc23)c1O. The number of rotatable bonds is 4. The van der Waals surface area contributed by atoms with Crippen molar-refractivity contribution in [3.05, 3.63) is 48.0 Å². The normalized spacial score (nSPS) is 10.7. The number of fused-ring (bicyclic) bond motifs is 1. The number of benzene rings is 3. The van der Waals surface area contributed by atoms with Crippen molar-refractivity contribution in [3.8, 4) is 34.1 Å². The van der Waals surface area contributed by atoms with E-state index in [0.29, 0.717) is 22.8 Å². The smallest absolute Gasteiger partial charge is 0.169 e. The summed E-state index contributed by atoms with van der Waals surface area (Å²) in [6.45, 7) is 1.96.